The molecule has 0 aliphatic rings. The first kappa shape index (κ1) is 13.7. The van der Waals surface area contributed by atoms with E-state index in [0.29, 0.717) is 13.2 Å². The molecule has 0 fully saturated rings. The lowest BCUT2D eigenvalue weighted by atomic mass is 9.96. The van der Waals surface area contributed by atoms with Crippen molar-refractivity contribution >= 4 is 0 Å². The van der Waals surface area contributed by atoms with Gasteiger partial charge in [-0.25, -0.2) is 0 Å². The molecule has 17 heavy (non-hydrogen) atoms. The van der Waals surface area contributed by atoms with Crippen molar-refractivity contribution in [3.8, 4) is 6.07 Å². The summed E-state index contributed by atoms with van der Waals surface area (Å²) in [6, 6.07) is 10.5. The third-order valence-corrected chi connectivity index (χ3v) is 2.60. The van der Waals surface area contributed by atoms with Gasteiger partial charge in [-0.15, -0.1) is 0 Å². The van der Waals surface area contributed by atoms with Gasteiger partial charge in [0.2, 0.25) is 0 Å². The number of hydrogen-bond acceptors (Lipinski definition) is 3. The van der Waals surface area contributed by atoms with Crippen molar-refractivity contribution in [2.24, 2.45) is 5.41 Å². The van der Waals surface area contributed by atoms with Crippen molar-refractivity contribution in [1.82, 2.24) is 5.32 Å². The van der Waals surface area contributed by atoms with Crippen LogP contribution in [0.4, 0.5) is 0 Å². The average Bonchev–Trinajstić information content (AvgIpc) is 2.31. The first-order valence-electron chi connectivity index (χ1n) is 5.77. The van der Waals surface area contributed by atoms with Crippen molar-refractivity contribution in [2.75, 3.05) is 13.7 Å². The fourth-order valence-electron chi connectivity index (χ4n) is 1.58. The van der Waals surface area contributed by atoms with Gasteiger partial charge in [0.15, 0.2) is 0 Å². The second-order valence-electron chi connectivity index (χ2n) is 4.80. The lowest BCUT2D eigenvalue weighted by Gasteiger charge is -2.17. The Morgan fingerprint density at radius 2 is 1.94 bits per heavy atom. The maximum absolute atomic E-state index is 8.92. The van der Waals surface area contributed by atoms with Gasteiger partial charge in [0, 0.05) is 20.2 Å². The molecule has 1 aromatic rings. The Hall–Kier alpha value is -1.37. The SMILES string of the molecule is COCc1ccccc1CNCC(C)(C)C#N. The van der Waals surface area contributed by atoms with Gasteiger partial charge in [0.25, 0.3) is 0 Å². The van der Waals surface area contributed by atoms with Gasteiger partial charge in [-0.1, -0.05) is 24.3 Å². The van der Waals surface area contributed by atoms with E-state index in [4.69, 9.17) is 10.00 Å². The molecule has 0 radical (unpaired) electrons. The summed E-state index contributed by atoms with van der Waals surface area (Å²) in [6.45, 7) is 5.94. The highest BCUT2D eigenvalue weighted by molar-refractivity contribution is 5.26. The molecule has 3 heteroatoms. The summed E-state index contributed by atoms with van der Waals surface area (Å²) in [4.78, 5) is 0. The minimum Gasteiger partial charge on any atom is -0.380 e. The van der Waals surface area contributed by atoms with Crippen LogP contribution < -0.4 is 5.32 Å². The first-order valence-corrected chi connectivity index (χ1v) is 5.77. The van der Waals surface area contributed by atoms with E-state index in [1.54, 1.807) is 7.11 Å². The molecule has 0 heterocycles. The van der Waals surface area contributed by atoms with Gasteiger partial charge < -0.3 is 10.1 Å². The Morgan fingerprint density at radius 1 is 1.29 bits per heavy atom. The second kappa shape index (κ2) is 6.39. The molecule has 0 spiro atoms. The van der Waals surface area contributed by atoms with Crippen molar-refractivity contribution in [3.05, 3.63) is 35.4 Å². The van der Waals surface area contributed by atoms with E-state index >= 15 is 0 Å². The number of nitriles is 1. The predicted octanol–water partition coefficient (Wildman–Crippen LogP) is 2.47. The van der Waals surface area contributed by atoms with E-state index in [1.165, 1.54) is 11.1 Å². The average molecular weight is 232 g/mol. The number of nitrogens with zero attached hydrogens (tertiary/aromatic N) is 1. The summed E-state index contributed by atoms with van der Waals surface area (Å²) in [5.74, 6) is 0. The summed E-state index contributed by atoms with van der Waals surface area (Å²) in [5, 5.41) is 12.2. The largest absolute Gasteiger partial charge is 0.380 e. The lowest BCUT2D eigenvalue weighted by molar-refractivity contribution is 0.184. The zero-order valence-corrected chi connectivity index (χ0v) is 10.8. The van der Waals surface area contributed by atoms with Crippen LogP contribution in [0.5, 0.6) is 0 Å². The first-order chi connectivity index (χ1) is 8.09. The Labute approximate surface area is 103 Å². The molecule has 0 bridgehead atoms. The minimum absolute atomic E-state index is 0.323. The van der Waals surface area contributed by atoms with Crippen LogP contribution in [0.2, 0.25) is 0 Å². The van der Waals surface area contributed by atoms with Gasteiger partial charge in [-0.05, 0) is 25.0 Å². The molecule has 3 nitrogen and oxygen atoms in total. The molecule has 0 saturated heterocycles. The number of benzene rings is 1. The molecule has 1 N–H and O–H groups in total. The van der Waals surface area contributed by atoms with Crippen LogP contribution in [-0.4, -0.2) is 13.7 Å². The van der Waals surface area contributed by atoms with Crippen LogP contribution in [0.1, 0.15) is 25.0 Å². The molecule has 0 aliphatic carbocycles. The highest BCUT2D eigenvalue weighted by atomic mass is 16.5. The molecule has 1 rings (SSSR count). The highest BCUT2D eigenvalue weighted by Crippen LogP contribution is 2.13. The van der Waals surface area contributed by atoms with Crippen molar-refractivity contribution < 1.29 is 4.74 Å². The fourth-order valence-corrected chi connectivity index (χ4v) is 1.58. The van der Waals surface area contributed by atoms with Gasteiger partial charge in [-0.2, -0.15) is 5.26 Å². The van der Waals surface area contributed by atoms with Crippen LogP contribution in [0.3, 0.4) is 0 Å². The molecule has 0 unspecified atom stereocenters. The maximum Gasteiger partial charge on any atom is 0.0716 e. The van der Waals surface area contributed by atoms with E-state index in [0.717, 1.165) is 6.54 Å². The smallest absolute Gasteiger partial charge is 0.0716 e. The molecule has 0 aliphatic heterocycles. The zero-order chi connectivity index (χ0) is 12.7. The van der Waals surface area contributed by atoms with Crippen LogP contribution in [-0.2, 0) is 17.9 Å². The number of methoxy groups -OCH3 is 1. The molecule has 0 atom stereocenters. The summed E-state index contributed by atoms with van der Waals surface area (Å²) in [5.41, 5.74) is 2.09. The number of rotatable bonds is 6. The summed E-state index contributed by atoms with van der Waals surface area (Å²) in [7, 11) is 1.70. The summed E-state index contributed by atoms with van der Waals surface area (Å²) >= 11 is 0. The number of ether oxygens (including phenoxy) is 1. The number of hydrogen-bond donors (Lipinski definition) is 1. The Kier molecular flexibility index (Phi) is 5.14. The molecule has 1 aromatic carbocycles. The normalized spacial score (nSPS) is 11.2. The van der Waals surface area contributed by atoms with E-state index in [9.17, 15) is 0 Å². The standard InChI is InChI=1S/C14H20N2O/c1-14(2,10-15)11-16-8-12-6-4-5-7-13(12)9-17-3/h4-7,16H,8-9,11H2,1-3H3. The maximum atomic E-state index is 8.92. The molecule has 0 saturated carbocycles. The van der Waals surface area contributed by atoms with E-state index in [2.05, 4.69) is 23.5 Å². The second-order valence-corrected chi connectivity index (χ2v) is 4.80. The zero-order valence-electron chi connectivity index (χ0n) is 10.8. The van der Waals surface area contributed by atoms with Crippen molar-refractivity contribution in [2.45, 2.75) is 27.0 Å². The van der Waals surface area contributed by atoms with E-state index in [-0.39, 0.29) is 5.41 Å². The predicted molar refractivity (Wildman–Crippen MR) is 68.3 cm³/mol. The van der Waals surface area contributed by atoms with Gasteiger partial charge >= 0.3 is 0 Å². The summed E-state index contributed by atoms with van der Waals surface area (Å²) < 4.78 is 5.16. The molecule has 0 aromatic heterocycles. The highest BCUT2D eigenvalue weighted by Gasteiger charge is 2.15. The third kappa shape index (κ3) is 4.56. The Morgan fingerprint density at radius 3 is 2.53 bits per heavy atom. The lowest BCUT2D eigenvalue weighted by Crippen LogP contribution is -2.28. The van der Waals surface area contributed by atoms with E-state index in [1.807, 2.05) is 26.0 Å². The fraction of sp³-hybridized carbons (Fsp3) is 0.500. The summed E-state index contributed by atoms with van der Waals surface area (Å²) in [6.07, 6.45) is 0. The van der Waals surface area contributed by atoms with Crippen molar-refractivity contribution in [1.29, 1.82) is 5.26 Å². The Bertz CT molecular complexity index is 393. The van der Waals surface area contributed by atoms with Crippen LogP contribution in [0.25, 0.3) is 0 Å². The monoisotopic (exact) mass is 232 g/mol. The molecular weight excluding hydrogens is 212 g/mol. The molecular formula is C14H20N2O. The van der Waals surface area contributed by atoms with Crippen LogP contribution in [0, 0.1) is 16.7 Å². The third-order valence-electron chi connectivity index (χ3n) is 2.60. The molecule has 92 valence electrons. The van der Waals surface area contributed by atoms with Crippen LogP contribution >= 0.6 is 0 Å². The topological polar surface area (TPSA) is 45.0 Å². The molecule has 0 amide bonds. The van der Waals surface area contributed by atoms with E-state index < -0.39 is 0 Å². The quantitative estimate of drug-likeness (QED) is 0.819. The van der Waals surface area contributed by atoms with Gasteiger partial charge in [0.05, 0.1) is 18.1 Å². The Balaban J connectivity index is 2.55. The number of nitrogens with one attached hydrogen (secondary N) is 1. The minimum atomic E-state index is -0.323. The van der Waals surface area contributed by atoms with Crippen molar-refractivity contribution in [3.63, 3.8) is 0 Å². The van der Waals surface area contributed by atoms with Gasteiger partial charge in [0.1, 0.15) is 0 Å². The van der Waals surface area contributed by atoms with Crippen LogP contribution in [0.15, 0.2) is 24.3 Å². The van der Waals surface area contributed by atoms with Gasteiger partial charge in [-0.3, -0.25) is 0 Å².